The van der Waals surface area contributed by atoms with E-state index >= 15 is 0 Å². The van der Waals surface area contributed by atoms with Crippen molar-refractivity contribution in [2.45, 2.75) is 12.1 Å². The van der Waals surface area contributed by atoms with Crippen LogP contribution in [0.4, 0.5) is 5.69 Å². The van der Waals surface area contributed by atoms with Gasteiger partial charge in [-0.25, -0.2) is 4.79 Å². The molecule has 0 unspecified atom stereocenters. The molecule has 0 radical (unpaired) electrons. The molecule has 0 spiro atoms. The Kier molecular flexibility index (Phi) is 6.89. The number of hydrogen-bond acceptors (Lipinski definition) is 5. The molecule has 1 fully saturated rings. The van der Waals surface area contributed by atoms with E-state index in [1.54, 1.807) is 35.4 Å². The lowest BCUT2D eigenvalue weighted by Crippen LogP contribution is -2.36. The van der Waals surface area contributed by atoms with Crippen LogP contribution in [0.5, 0.6) is 0 Å². The minimum absolute atomic E-state index is 0.0278. The second kappa shape index (κ2) is 10.4. The van der Waals surface area contributed by atoms with E-state index in [1.165, 1.54) is 18.2 Å². The first-order chi connectivity index (χ1) is 17.9. The summed E-state index contributed by atoms with van der Waals surface area (Å²) >= 11 is 12.0. The normalized spacial score (nSPS) is 16.9. The SMILES string of the molecule is O=C(CN1C(=S)N[C@H](c2ccccn2)[C@@H]1c1ccc(-c2cc(C(=O)O)ccc2Cl)o1)Nc1ccccc1. The number of amides is 1. The minimum atomic E-state index is -1.07. The van der Waals surface area contributed by atoms with Gasteiger partial charge in [-0.1, -0.05) is 35.9 Å². The molecule has 2 atom stereocenters. The van der Waals surface area contributed by atoms with Crippen LogP contribution in [0.1, 0.15) is 33.9 Å². The van der Waals surface area contributed by atoms with Crippen molar-refractivity contribution in [2.75, 3.05) is 11.9 Å². The van der Waals surface area contributed by atoms with Gasteiger partial charge in [-0.2, -0.15) is 0 Å². The van der Waals surface area contributed by atoms with E-state index in [2.05, 4.69) is 15.6 Å². The quantitative estimate of drug-likeness (QED) is 0.275. The number of pyridine rings is 1. The number of thiocarbonyl (C=S) groups is 1. The number of carboxylic acid groups (broad SMARTS) is 1. The number of rotatable bonds is 7. The number of halogens is 1. The first kappa shape index (κ1) is 24.5. The number of carbonyl (C=O) groups is 2. The highest BCUT2D eigenvalue weighted by Gasteiger charge is 2.42. The Labute approximate surface area is 222 Å². The van der Waals surface area contributed by atoms with Crippen LogP contribution in [0.25, 0.3) is 11.3 Å². The van der Waals surface area contributed by atoms with Crippen LogP contribution in [0, 0.1) is 0 Å². The largest absolute Gasteiger partial charge is 0.478 e. The van der Waals surface area contributed by atoms with Gasteiger partial charge < -0.3 is 25.1 Å². The van der Waals surface area contributed by atoms with Crippen molar-refractivity contribution < 1.29 is 19.1 Å². The van der Waals surface area contributed by atoms with Crippen LogP contribution in [0.3, 0.4) is 0 Å². The van der Waals surface area contributed by atoms with Gasteiger partial charge in [0.2, 0.25) is 5.91 Å². The molecule has 1 saturated heterocycles. The molecular formula is C27H21ClN4O4S. The highest BCUT2D eigenvalue weighted by molar-refractivity contribution is 7.80. The Morgan fingerprint density at radius 3 is 2.59 bits per heavy atom. The van der Waals surface area contributed by atoms with Gasteiger partial charge in [-0.05, 0) is 66.8 Å². The maximum atomic E-state index is 12.9. The lowest BCUT2D eigenvalue weighted by molar-refractivity contribution is -0.116. The number of benzene rings is 2. The third-order valence-corrected chi connectivity index (χ3v) is 6.65. The molecule has 37 heavy (non-hydrogen) atoms. The van der Waals surface area contributed by atoms with Gasteiger partial charge in [0.25, 0.3) is 0 Å². The van der Waals surface area contributed by atoms with Gasteiger partial charge in [-0.15, -0.1) is 0 Å². The highest BCUT2D eigenvalue weighted by Crippen LogP contribution is 2.41. The van der Waals surface area contributed by atoms with Crippen molar-refractivity contribution >= 4 is 46.5 Å². The summed E-state index contributed by atoms with van der Waals surface area (Å²) in [5.41, 5.74) is 1.94. The number of aromatic nitrogens is 1. The van der Waals surface area contributed by atoms with E-state index in [9.17, 15) is 14.7 Å². The molecule has 2 aromatic heterocycles. The Morgan fingerprint density at radius 2 is 1.86 bits per heavy atom. The summed E-state index contributed by atoms with van der Waals surface area (Å²) in [6.45, 7) is -0.0278. The third kappa shape index (κ3) is 5.18. The lowest BCUT2D eigenvalue weighted by Gasteiger charge is -2.25. The van der Waals surface area contributed by atoms with Gasteiger partial charge in [0.15, 0.2) is 5.11 Å². The number of furan rings is 1. The Bertz CT molecular complexity index is 1460. The average molecular weight is 533 g/mol. The lowest BCUT2D eigenvalue weighted by atomic mass is 10.0. The standard InChI is InChI=1S/C27H21ClN4O4S/c28-19-10-9-16(26(34)35)14-18(19)21-11-12-22(36-21)25-24(20-8-4-5-13-29-20)31-27(37)32(25)15-23(33)30-17-6-2-1-3-7-17/h1-14,24-25H,15H2,(H,30,33)(H,31,37)(H,34,35)/t24-,25+/m1/s1. The molecule has 186 valence electrons. The second-order valence-electron chi connectivity index (χ2n) is 8.37. The molecule has 1 amide bonds. The summed E-state index contributed by atoms with van der Waals surface area (Å²) in [7, 11) is 0. The molecule has 4 aromatic rings. The van der Waals surface area contributed by atoms with Gasteiger partial charge >= 0.3 is 5.97 Å². The van der Waals surface area contributed by atoms with Crippen molar-refractivity contribution in [1.82, 2.24) is 15.2 Å². The van der Waals surface area contributed by atoms with Gasteiger partial charge in [0, 0.05) is 17.4 Å². The van der Waals surface area contributed by atoms with Crippen LogP contribution in [0.2, 0.25) is 5.02 Å². The number of nitrogens with one attached hydrogen (secondary N) is 2. The molecule has 1 aliphatic heterocycles. The number of nitrogens with zero attached hydrogens (tertiary/aromatic N) is 2. The maximum absolute atomic E-state index is 12.9. The van der Waals surface area contributed by atoms with Crippen LogP contribution in [-0.4, -0.2) is 38.5 Å². The summed E-state index contributed by atoms with van der Waals surface area (Å²) in [5.74, 6) is -0.399. The van der Waals surface area contributed by atoms with Gasteiger partial charge in [0.05, 0.1) is 22.3 Å². The molecule has 0 saturated carbocycles. The molecule has 3 heterocycles. The monoisotopic (exact) mass is 532 g/mol. The van der Waals surface area contributed by atoms with Crippen molar-refractivity contribution in [3.8, 4) is 11.3 Å². The minimum Gasteiger partial charge on any atom is -0.478 e. The van der Waals surface area contributed by atoms with Gasteiger partial charge in [-0.3, -0.25) is 9.78 Å². The fourth-order valence-corrected chi connectivity index (χ4v) is 4.78. The predicted octanol–water partition coefficient (Wildman–Crippen LogP) is 5.30. The van der Waals surface area contributed by atoms with Crippen molar-refractivity contribution in [3.05, 3.63) is 107 Å². The van der Waals surface area contributed by atoms with E-state index in [-0.39, 0.29) is 18.0 Å². The Hall–Kier alpha value is -4.21. The molecule has 3 N–H and O–H groups in total. The molecule has 1 aliphatic rings. The number of aromatic carboxylic acids is 1. The van der Waals surface area contributed by atoms with E-state index < -0.39 is 18.1 Å². The van der Waals surface area contributed by atoms with Crippen molar-refractivity contribution in [2.24, 2.45) is 0 Å². The summed E-state index contributed by atoms with van der Waals surface area (Å²) in [6.07, 6.45) is 1.69. The topological polar surface area (TPSA) is 108 Å². The van der Waals surface area contributed by atoms with E-state index in [4.69, 9.17) is 28.2 Å². The number of para-hydroxylation sites is 1. The first-order valence-electron chi connectivity index (χ1n) is 11.4. The summed E-state index contributed by atoms with van der Waals surface area (Å²) < 4.78 is 6.22. The molecule has 8 nitrogen and oxygen atoms in total. The molecule has 5 rings (SSSR count). The number of carbonyl (C=O) groups excluding carboxylic acids is 1. The van der Waals surface area contributed by atoms with Crippen LogP contribution >= 0.6 is 23.8 Å². The zero-order chi connectivity index (χ0) is 25.9. The average Bonchev–Trinajstić information content (AvgIpc) is 3.50. The predicted molar refractivity (Wildman–Crippen MR) is 143 cm³/mol. The fourth-order valence-electron chi connectivity index (χ4n) is 4.27. The Morgan fingerprint density at radius 1 is 1.08 bits per heavy atom. The fraction of sp³-hybridized carbons (Fsp3) is 0.111. The van der Waals surface area contributed by atoms with Gasteiger partial charge in [0.1, 0.15) is 24.1 Å². The number of hydrogen-bond donors (Lipinski definition) is 3. The maximum Gasteiger partial charge on any atom is 0.335 e. The highest BCUT2D eigenvalue weighted by atomic mass is 35.5. The van der Waals surface area contributed by atoms with Crippen molar-refractivity contribution in [1.29, 1.82) is 0 Å². The van der Waals surface area contributed by atoms with E-state index in [0.29, 0.717) is 32.9 Å². The zero-order valence-electron chi connectivity index (χ0n) is 19.3. The summed E-state index contributed by atoms with van der Waals surface area (Å²) in [6, 6.07) is 21.8. The van der Waals surface area contributed by atoms with E-state index in [0.717, 1.165) is 5.69 Å². The molecular weight excluding hydrogens is 512 g/mol. The number of anilines is 1. The summed E-state index contributed by atoms with van der Waals surface area (Å²) in [5, 5.41) is 16.3. The van der Waals surface area contributed by atoms with Crippen molar-refractivity contribution in [3.63, 3.8) is 0 Å². The van der Waals surface area contributed by atoms with E-state index in [1.807, 2.05) is 36.4 Å². The number of carboxylic acids is 1. The second-order valence-corrected chi connectivity index (χ2v) is 9.16. The molecule has 10 heteroatoms. The Balaban J connectivity index is 1.49. The molecule has 0 bridgehead atoms. The smallest absolute Gasteiger partial charge is 0.335 e. The zero-order valence-corrected chi connectivity index (χ0v) is 20.9. The first-order valence-corrected chi connectivity index (χ1v) is 12.2. The van der Waals surface area contributed by atoms with Crippen LogP contribution in [0.15, 0.2) is 89.5 Å². The molecule has 0 aliphatic carbocycles. The third-order valence-electron chi connectivity index (χ3n) is 5.97. The van der Waals surface area contributed by atoms with Crippen LogP contribution in [-0.2, 0) is 4.79 Å². The molecule has 2 aromatic carbocycles. The summed E-state index contributed by atoms with van der Waals surface area (Å²) in [4.78, 5) is 30.7. The van der Waals surface area contributed by atoms with Crippen LogP contribution < -0.4 is 10.6 Å².